The van der Waals surface area contributed by atoms with Crippen LogP contribution in [0.2, 0.25) is 0 Å². The van der Waals surface area contributed by atoms with Gasteiger partial charge in [-0.25, -0.2) is 8.42 Å². The summed E-state index contributed by atoms with van der Waals surface area (Å²) < 4.78 is 31.3. The molecule has 5 nitrogen and oxygen atoms in total. The largest absolute Gasteiger partial charge is 0.507 e. The lowest BCUT2D eigenvalue weighted by Gasteiger charge is -2.17. The van der Waals surface area contributed by atoms with E-state index in [0.29, 0.717) is 29.9 Å². The van der Waals surface area contributed by atoms with Crippen LogP contribution < -0.4 is 4.74 Å². The predicted molar refractivity (Wildman–Crippen MR) is 119 cm³/mol. The Balaban J connectivity index is 1.80. The van der Waals surface area contributed by atoms with Gasteiger partial charge in [0.05, 0.1) is 4.90 Å². The number of phenols is 1. The Hall–Kier alpha value is -3.27. The van der Waals surface area contributed by atoms with Gasteiger partial charge in [-0.15, -0.1) is 0 Å². The molecule has 0 atom stereocenters. The molecule has 31 heavy (non-hydrogen) atoms. The van der Waals surface area contributed by atoms with E-state index in [1.807, 2.05) is 19.9 Å². The number of aliphatic hydroxyl groups is 1. The van der Waals surface area contributed by atoms with Crippen molar-refractivity contribution in [2.75, 3.05) is 0 Å². The fraction of sp³-hybridized carbons (Fsp3) is 0.200. The number of benzene rings is 3. The SMILES string of the molecule is CCC(O)(C#Cc1cccc(Oc2ccc(S(=O)(=O)c3ccccc3O)cc2)c1)CC. The summed E-state index contributed by atoms with van der Waals surface area (Å²) in [6, 6.07) is 18.9. The van der Waals surface area contributed by atoms with E-state index in [2.05, 4.69) is 11.8 Å². The van der Waals surface area contributed by atoms with Gasteiger partial charge in [-0.1, -0.05) is 43.9 Å². The topological polar surface area (TPSA) is 83.8 Å². The molecule has 0 heterocycles. The van der Waals surface area contributed by atoms with E-state index in [1.54, 1.807) is 42.5 Å². The molecule has 0 saturated heterocycles. The fourth-order valence-electron chi connectivity index (χ4n) is 2.89. The van der Waals surface area contributed by atoms with Crippen LogP contribution in [0.5, 0.6) is 17.2 Å². The quantitative estimate of drug-likeness (QED) is 0.536. The molecule has 160 valence electrons. The van der Waals surface area contributed by atoms with Gasteiger partial charge >= 0.3 is 0 Å². The molecule has 3 rings (SSSR count). The van der Waals surface area contributed by atoms with Crippen molar-refractivity contribution in [2.24, 2.45) is 0 Å². The van der Waals surface area contributed by atoms with Crippen LogP contribution in [0.25, 0.3) is 0 Å². The number of hydrogen-bond acceptors (Lipinski definition) is 5. The second-order valence-electron chi connectivity index (χ2n) is 7.06. The third-order valence-corrected chi connectivity index (χ3v) is 6.78. The first-order valence-corrected chi connectivity index (χ1v) is 11.4. The Morgan fingerprint density at radius 2 is 1.58 bits per heavy atom. The average Bonchev–Trinajstić information content (AvgIpc) is 2.78. The first-order valence-electron chi connectivity index (χ1n) is 9.94. The van der Waals surface area contributed by atoms with Crippen LogP contribution in [0, 0.1) is 11.8 Å². The van der Waals surface area contributed by atoms with Crippen LogP contribution in [0.3, 0.4) is 0 Å². The molecule has 3 aromatic carbocycles. The highest BCUT2D eigenvalue weighted by molar-refractivity contribution is 7.91. The Morgan fingerprint density at radius 3 is 2.23 bits per heavy atom. The number of sulfone groups is 1. The molecule has 0 aliphatic rings. The Bertz CT molecular complexity index is 1210. The van der Waals surface area contributed by atoms with Gasteiger partial charge in [-0.05, 0) is 67.4 Å². The summed E-state index contributed by atoms with van der Waals surface area (Å²) in [4.78, 5) is -0.0894. The molecule has 0 aromatic heterocycles. The molecule has 0 aliphatic carbocycles. The molecule has 0 aliphatic heterocycles. The van der Waals surface area contributed by atoms with Gasteiger partial charge in [0.1, 0.15) is 27.7 Å². The number of para-hydroxylation sites is 1. The van der Waals surface area contributed by atoms with Crippen molar-refractivity contribution < 1.29 is 23.4 Å². The third-order valence-electron chi connectivity index (χ3n) is 4.97. The van der Waals surface area contributed by atoms with E-state index in [1.165, 1.54) is 24.3 Å². The molecule has 0 spiro atoms. The summed E-state index contributed by atoms with van der Waals surface area (Å²) in [6.45, 7) is 3.78. The van der Waals surface area contributed by atoms with Gasteiger partial charge in [0.15, 0.2) is 0 Å². The van der Waals surface area contributed by atoms with E-state index in [9.17, 15) is 18.6 Å². The van der Waals surface area contributed by atoms with Crippen LogP contribution in [0.15, 0.2) is 82.6 Å². The molecule has 0 bridgehead atoms. The number of ether oxygens (including phenoxy) is 1. The van der Waals surface area contributed by atoms with Crippen molar-refractivity contribution in [3.63, 3.8) is 0 Å². The molecule has 0 unspecified atom stereocenters. The highest BCUT2D eigenvalue weighted by atomic mass is 32.2. The molecule has 6 heteroatoms. The molecular formula is C25H24O5S. The highest BCUT2D eigenvalue weighted by Gasteiger charge is 2.21. The van der Waals surface area contributed by atoms with E-state index in [0.717, 1.165) is 0 Å². The average molecular weight is 437 g/mol. The lowest BCUT2D eigenvalue weighted by atomic mass is 9.98. The molecule has 0 fully saturated rings. The maximum Gasteiger partial charge on any atom is 0.210 e. The van der Waals surface area contributed by atoms with Gasteiger partial charge in [0, 0.05) is 5.56 Å². The van der Waals surface area contributed by atoms with Gasteiger partial charge in [-0.3, -0.25) is 0 Å². The van der Waals surface area contributed by atoms with Crippen molar-refractivity contribution in [2.45, 2.75) is 42.1 Å². The monoisotopic (exact) mass is 436 g/mol. The van der Waals surface area contributed by atoms with Crippen molar-refractivity contribution in [1.82, 2.24) is 0 Å². The maximum atomic E-state index is 12.7. The zero-order valence-electron chi connectivity index (χ0n) is 17.4. The Labute approximate surface area is 182 Å². The van der Waals surface area contributed by atoms with E-state index >= 15 is 0 Å². The summed E-state index contributed by atoms with van der Waals surface area (Å²) in [5, 5.41) is 20.2. The van der Waals surface area contributed by atoms with Gasteiger partial charge in [0.25, 0.3) is 0 Å². The zero-order valence-corrected chi connectivity index (χ0v) is 18.2. The van der Waals surface area contributed by atoms with E-state index < -0.39 is 15.4 Å². The van der Waals surface area contributed by atoms with Crippen molar-refractivity contribution in [1.29, 1.82) is 0 Å². The van der Waals surface area contributed by atoms with Gasteiger partial charge < -0.3 is 14.9 Å². The first kappa shape index (κ1) is 22.4. The highest BCUT2D eigenvalue weighted by Crippen LogP contribution is 2.30. The molecular weight excluding hydrogens is 412 g/mol. The molecule has 2 N–H and O–H groups in total. The molecule has 3 aromatic rings. The summed E-state index contributed by atoms with van der Waals surface area (Å²) in [5.74, 6) is 6.60. The lowest BCUT2D eigenvalue weighted by molar-refractivity contribution is 0.0931. The van der Waals surface area contributed by atoms with E-state index in [4.69, 9.17) is 4.74 Å². The summed E-state index contributed by atoms with van der Waals surface area (Å²) >= 11 is 0. The molecule has 0 radical (unpaired) electrons. The lowest BCUT2D eigenvalue weighted by Crippen LogP contribution is -2.23. The second kappa shape index (κ2) is 9.25. The second-order valence-corrected chi connectivity index (χ2v) is 8.98. The Morgan fingerprint density at radius 1 is 0.903 bits per heavy atom. The first-order chi connectivity index (χ1) is 14.8. The predicted octanol–water partition coefficient (Wildman–Crippen LogP) is 4.92. The molecule has 0 amide bonds. The zero-order chi connectivity index (χ0) is 22.5. The van der Waals surface area contributed by atoms with Crippen LogP contribution in [-0.4, -0.2) is 24.2 Å². The number of aromatic hydroxyl groups is 1. The number of rotatable bonds is 6. The normalized spacial score (nSPS) is 11.5. The number of hydrogen-bond donors (Lipinski definition) is 2. The number of phenolic OH excluding ortho intramolecular Hbond substituents is 1. The minimum Gasteiger partial charge on any atom is -0.507 e. The van der Waals surface area contributed by atoms with Crippen molar-refractivity contribution >= 4 is 9.84 Å². The standard InChI is InChI=1S/C25H24O5S/c1-3-25(27,4-2)17-16-19-8-7-9-21(18-19)30-20-12-14-22(15-13-20)31(28,29)24-11-6-5-10-23(24)26/h5-15,18,26-27H,3-4H2,1-2H3. The smallest absolute Gasteiger partial charge is 0.210 e. The van der Waals surface area contributed by atoms with Gasteiger partial charge in [0.2, 0.25) is 9.84 Å². The van der Waals surface area contributed by atoms with E-state index in [-0.39, 0.29) is 15.5 Å². The summed E-state index contributed by atoms with van der Waals surface area (Å²) in [6.07, 6.45) is 1.09. The minimum atomic E-state index is -3.84. The van der Waals surface area contributed by atoms with Crippen LogP contribution >= 0.6 is 0 Å². The van der Waals surface area contributed by atoms with Crippen LogP contribution in [0.4, 0.5) is 0 Å². The minimum absolute atomic E-state index is 0.0550. The van der Waals surface area contributed by atoms with Crippen LogP contribution in [-0.2, 0) is 9.84 Å². The summed E-state index contributed by atoms with van der Waals surface area (Å²) in [7, 11) is -3.84. The summed E-state index contributed by atoms with van der Waals surface area (Å²) in [5.41, 5.74) is -0.303. The maximum absolute atomic E-state index is 12.7. The van der Waals surface area contributed by atoms with Crippen LogP contribution in [0.1, 0.15) is 32.3 Å². The third kappa shape index (κ3) is 5.26. The fourth-order valence-corrected chi connectivity index (χ4v) is 4.24. The van der Waals surface area contributed by atoms with Gasteiger partial charge in [-0.2, -0.15) is 0 Å². The molecule has 0 saturated carbocycles. The van der Waals surface area contributed by atoms with Crippen molar-refractivity contribution in [3.8, 4) is 29.1 Å². The Kier molecular flexibility index (Phi) is 6.69. The van der Waals surface area contributed by atoms with Crippen molar-refractivity contribution in [3.05, 3.63) is 78.4 Å².